The molecular formula is C27H22N2O3S2. The standard InChI is InChI=1S/C27H22N2O3S2/c1-31-21-11-5-10-20(25(21)32-2)24-19-13-12-16-7-3-4-9-18(16)23(19)28-27-29(24)26(30)22(34-27)15-17-8-6-14-33-17/h3-11,14-15,24H,12-13H2,1-2H3/b22-15-/t24-/m1/s1. The summed E-state index contributed by atoms with van der Waals surface area (Å²) in [4.78, 5) is 20.6. The van der Waals surface area contributed by atoms with Crippen LogP contribution in [0, 0.1) is 0 Å². The van der Waals surface area contributed by atoms with E-state index in [0.717, 1.165) is 40.1 Å². The third-order valence-electron chi connectivity index (χ3n) is 6.42. The van der Waals surface area contributed by atoms with E-state index in [1.165, 1.54) is 16.9 Å². The van der Waals surface area contributed by atoms with Crippen LogP contribution >= 0.6 is 22.7 Å². The van der Waals surface area contributed by atoms with Gasteiger partial charge in [-0.1, -0.05) is 53.8 Å². The number of thiazole rings is 1. The number of hydrogen-bond donors (Lipinski definition) is 0. The average molecular weight is 487 g/mol. The summed E-state index contributed by atoms with van der Waals surface area (Å²) in [7, 11) is 3.28. The second-order valence-electron chi connectivity index (χ2n) is 8.21. The summed E-state index contributed by atoms with van der Waals surface area (Å²) in [5.41, 5.74) is 5.43. The van der Waals surface area contributed by atoms with Crippen molar-refractivity contribution in [2.75, 3.05) is 14.2 Å². The summed E-state index contributed by atoms with van der Waals surface area (Å²) >= 11 is 3.06. The van der Waals surface area contributed by atoms with E-state index in [1.54, 1.807) is 25.6 Å². The minimum absolute atomic E-state index is 0.0302. The molecule has 2 aromatic heterocycles. The van der Waals surface area contributed by atoms with Crippen molar-refractivity contribution in [2.45, 2.75) is 18.9 Å². The zero-order valence-electron chi connectivity index (χ0n) is 18.8. The van der Waals surface area contributed by atoms with Crippen molar-refractivity contribution in [1.82, 2.24) is 4.57 Å². The molecule has 0 unspecified atom stereocenters. The predicted octanol–water partition coefficient (Wildman–Crippen LogP) is 4.40. The van der Waals surface area contributed by atoms with E-state index in [9.17, 15) is 4.79 Å². The summed E-state index contributed by atoms with van der Waals surface area (Å²) in [5.74, 6) is 1.30. The molecule has 6 rings (SSSR count). The average Bonchev–Trinajstić information content (AvgIpc) is 3.50. The first-order chi connectivity index (χ1) is 16.7. The zero-order chi connectivity index (χ0) is 23.2. The quantitative estimate of drug-likeness (QED) is 0.430. The van der Waals surface area contributed by atoms with Crippen molar-refractivity contribution in [3.05, 3.63) is 107 Å². The molecule has 170 valence electrons. The Hall–Kier alpha value is -3.42. The fourth-order valence-electron chi connectivity index (χ4n) is 4.93. The lowest BCUT2D eigenvalue weighted by atomic mass is 9.83. The van der Waals surface area contributed by atoms with E-state index in [-0.39, 0.29) is 11.6 Å². The van der Waals surface area contributed by atoms with Gasteiger partial charge >= 0.3 is 0 Å². The number of thiophene rings is 1. The molecule has 1 aliphatic heterocycles. The van der Waals surface area contributed by atoms with Gasteiger partial charge in [0.2, 0.25) is 0 Å². The summed E-state index contributed by atoms with van der Waals surface area (Å²) in [6.07, 6.45) is 3.70. The number of allylic oxidation sites excluding steroid dienone is 1. The van der Waals surface area contributed by atoms with Gasteiger partial charge in [0.15, 0.2) is 16.3 Å². The van der Waals surface area contributed by atoms with Crippen LogP contribution in [0.15, 0.2) is 75.3 Å². The predicted molar refractivity (Wildman–Crippen MR) is 137 cm³/mol. The third kappa shape index (κ3) is 3.27. The third-order valence-corrected chi connectivity index (χ3v) is 8.22. The highest BCUT2D eigenvalue weighted by atomic mass is 32.1. The highest BCUT2D eigenvalue weighted by Gasteiger charge is 2.34. The maximum Gasteiger partial charge on any atom is 0.271 e. The fourth-order valence-corrected chi connectivity index (χ4v) is 6.65. The first kappa shape index (κ1) is 21.1. The summed E-state index contributed by atoms with van der Waals surface area (Å²) in [5, 5.41) is 2.02. The Morgan fingerprint density at radius 2 is 1.91 bits per heavy atom. The molecule has 1 atom stereocenters. The second kappa shape index (κ2) is 8.42. The minimum atomic E-state index is -0.310. The number of ether oxygens (including phenoxy) is 2. The molecule has 0 N–H and O–H groups in total. The van der Waals surface area contributed by atoms with Gasteiger partial charge in [-0.15, -0.1) is 11.3 Å². The molecule has 34 heavy (non-hydrogen) atoms. The molecule has 2 aliphatic rings. The lowest BCUT2D eigenvalue weighted by Gasteiger charge is -2.31. The molecule has 2 aromatic carbocycles. The smallest absolute Gasteiger partial charge is 0.271 e. The molecular weight excluding hydrogens is 464 g/mol. The van der Waals surface area contributed by atoms with Gasteiger partial charge in [-0.05, 0) is 47.6 Å². The molecule has 0 fully saturated rings. The summed E-state index contributed by atoms with van der Waals surface area (Å²) in [6.45, 7) is 0. The van der Waals surface area contributed by atoms with Crippen LogP contribution in [0.25, 0.3) is 11.8 Å². The van der Waals surface area contributed by atoms with Crippen LogP contribution in [0.5, 0.6) is 11.5 Å². The van der Waals surface area contributed by atoms with Crippen LogP contribution in [0.2, 0.25) is 0 Å². The van der Waals surface area contributed by atoms with Crippen molar-refractivity contribution >= 4 is 34.4 Å². The molecule has 0 saturated heterocycles. The van der Waals surface area contributed by atoms with Crippen LogP contribution in [0.4, 0.5) is 0 Å². The van der Waals surface area contributed by atoms with Crippen LogP contribution < -0.4 is 24.4 Å². The number of methoxy groups -OCH3 is 2. The molecule has 0 radical (unpaired) electrons. The molecule has 5 nitrogen and oxygen atoms in total. The van der Waals surface area contributed by atoms with Crippen molar-refractivity contribution in [1.29, 1.82) is 0 Å². The normalized spacial score (nSPS) is 17.0. The monoisotopic (exact) mass is 486 g/mol. The topological polar surface area (TPSA) is 52.8 Å². The van der Waals surface area contributed by atoms with Gasteiger partial charge in [-0.25, -0.2) is 4.99 Å². The highest BCUT2D eigenvalue weighted by molar-refractivity contribution is 7.11. The number of rotatable bonds is 4. The van der Waals surface area contributed by atoms with E-state index >= 15 is 0 Å². The van der Waals surface area contributed by atoms with Crippen molar-refractivity contribution in [2.24, 2.45) is 4.99 Å². The van der Waals surface area contributed by atoms with Crippen molar-refractivity contribution in [3.8, 4) is 11.5 Å². The number of hydrogen-bond acceptors (Lipinski definition) is 6. The highest BCUT2D eigenvalue weighted by Crippen LogP contribution is 2.45. The number of fused-ring (bicyclic) bond motifs is 3. The zero-order valence-corrected chi connectivity index (χ0v) is 20.4. The maximum atomic E-state index is 13.8. The second-order valence-corrected chi connectivity index (χ2v) is 10.2. The van der Waals surface area contributed by atoms with Crippen LogP contribution in [-0.4, -0.2) is 18.8 Å². The summed E-state index contributed by atoms with van der Waals surface area (Å²) < 4.78 is 13.9. The van der Waals surface area contributed by atoms with Crippen LogP contribution in [-0.2, 0) is 6.42 Å². The Bertz CT molecular complexity index is 1610. The number of aromatic nitrogens is 1. The van der Waals surface area contributed by atoms with E-state index in [1.807, 2.05) is 46.4 Å². The van der Waals surface area contributed by atoms with E-state index < -0.39 is 0 Å². The van der Waals surface area contributed by atoms with Crippen molar-refractivity contribution in [3.63, 3.8) is 0 Å². The molecule has 0 bridgehead atoms. The van der Waals surface area contributed by atoms with Crippen molar-refractivity contribution < 1.29 is 9.47 Å². The number of nitrogens with zero attached hydrogens (tertiary/aromatic N) is 2. The molecule has 0 amide bonds. The number of para-hydroxylation sites is 1. The molecule has 7 heteroatoms. The molecule has 0 spiro atoms. The Balaban J connectivity index is 1.68. The SMILES string of the molecule is COc1cccc([C@H]2C3=C(N=c4s/c(=C\c5cccs5)c(=O)n42)c2ccccc2CC3)c1OC. The Labute approximate surface area is 204 Å². The summed E-state index contributed by atoms with van der Waals surface area (Å²) in [6, 6.07) is 18.0. The first-order valence-electron chi connectivity index (χ1n) is 11.1. The van der Waals surface area contributed by atoms with Gasteiger partial charge in [-0.2, -0.15) is 0 Å². The van der Waals surface area contributed by atoms with Gasteiger partial charge in [0.25, 0.3) is 5.56 Å². The van der Waals surface area contributed by atoms with E-state index in [2.05, 4.69) is 24.3 Å². The van der Waals surface area contributed by atoms with Gasteiger partial charge in [0.1, 0.15) is 0 Å². The van der Waals surface area contributed by atoms with Gasteiger partial charge in [0, 0.05) is 16.0 Å². The molecule has 1 aliphatic carbocycles. The Morgan fingerprint density at radius 3 is 2.71 bits per heavy atom. The first-order valence-corrected chi connectivity index (χ1v) is 12.8. The lowest BCUT2D eigenvalue weighted by Crippen LogP contribution is -2.39. The van der Waals surface area contributed by atoms with E-state index in [0.29, 0.717) is 20.8 Å². The number of benzene rings is 2. The van der Waals surface area contributed by atoms with Gasteiger partial charge < -0.3 is 9.47 Å². The van der Waals surface area contributed by atoms with Gasteiger partial charge in [0.05, 0.1) is 30.5 Å². The Kier molecular flexibility index (Phi) is 5.23. The largest absolute Gasteiger partial charge is 0.493 e. The van der Waals surface area contributed by atoms with E-state index in [4.69, 9.17) is 14.5 Å². The fraction of sp³-hybridized carbons (Fsp3) is 0.185. The maximum absolute atomic E-state index is 13.8. The molecule has 4 aromatic rings. The minimum Gasteiger partial charge on any atom is -0.493 e. The lowest BCUT2D eigenvalue weighted by molar-refractivity contribution is 0.348. The number of aryl methyl sites for hydroxylation is 1. The molecule has 3 heterocycles. The van der Waals surface area contributed by atoms with Crippen LogP contribution in [0.3, 0.4) is 0 Å². The Morgan fingerprint density at radius 1 is 1.03 bits per heavy atom. The van der Waals surface area contributed by atoms with Gasteiger partial charge in [-0.3, -0.25) is 9.36 Å². The van der Waals surface area contributed by atoms with Crippen LogP contribution in [0.1, 0.15) is 34.0 Å². The molecule has 0 saturated carbocycles.